The third kappa shape index (κ3) is 5.49. The van der Waals surface area contributed by atoms with Gasteiger partial charge in [-0.2, -0.15) is 0 Å². The van der Waals surface area contributed by atoms with Crippen LogP contribution < -0.4 is 0 Å². The molecule has 0 aliphatic heterocycles. The smallest absolute Gasteiger partial charge is 0.151 e. The predicted molar refractivity (Wildman–Crippen MR) is 73.7 cm³/mol. The van der Waals surface area contributed by atoms with Gasteiger partial charge in [0.2, 0.25) is 0 Å². The van der Waals surface area contributed by atoms with E-state index >= 15 is 0 Å². The molecular formula is C15H22FNO2. The molecule has 0 saturated carbocycles. The number of nitrogens with zero attached hydrogens (tertiary/aromatic N) is 1. The van der Waals surface area contributed by atoms with Gasteiger partial charge in [-0.15, -0.1) is 0 Å². The van der Waals surface area contributed by atoms with Crippen LogP contribution in [0.1, 0.15) is 19.4 Å². The number of hydrogen-bond donors (Lipinski definition) is 0. The number of likely N-dealkylation sites (N-methyl/N-ethyl adjacent to an activating group) is 1. The molecule has 0 fully saturated rings. The molecule has 0 heterocycles. The first-order valence-corrected chi connectivity index (χ1v) is 6.56. The van der Waals surface area contributed by atoms with Gasteiger partial charge in [0, 0.05) is 19.6 Å². The van der Waals surface area contributed by atoms with E-state index in [1.54, 1.807) is 19.2 Å². The van der Waals surface area contributed by atoms with Gasteiger partial charge in [0.05, 0.1) is 13.2 Å². The Balaban J connectivity index is 2.51. The Labute approximate surface area is 114 Å². The summed E-state index contributed by atoms with van der Waals surface area (Å²) < 4.78 is 17.9. The van der Waals surface area contributed by atoms with E-state index in [-0.39, 0.29) is 17.6 Å². The van der Waals surface area contributed by atoms with Gasteiger partial charge in [-0.05, 0) is 31.2 Å². The standard InChI is InChI=1S/C15H22FNO2/c1-4-17(12(2)11-19-3)10-15(18)9-13-5-7-14(16)8-6-13/h5-8,12H,4,9-11H2,1-3H3. The molecule has 3 nitrogen and oxygen atoms in total. The van der Waals surface area contributed by atoms with Crippen LogP contribution in [0, 0.1) is 5.82 Å². The molecule has 0 spiro atoms. The lowest BCUT2D eigenvalue weighted by molar-refractivity contribution is -0.120. The summed E-state index contributed by atoms with van der Waals surface area (Å²) in [6.45, 7) is 5.88. The summed E-state index contributed by atoms with van der Waals surface area (Å²) in [7, 11) is 1.66. The molecule has 1 aromatic carbocycles. The molecule has 0 aromatic heterocycles. The van der Waals surface area contributed by atoms with Crippen molar-refractivity contribution in [2.75, 3.05) is 26.8 Å². The van der Waals surface area contributed by atoms with Crippen molar-refractivity contribution in [3.63, 3.8) is 0 Å². The van der Waals surface area contributed by atoms with Crippen molar-refractivity contribution in [1.82, 2.24) is 4.90 Å². The van der Waals surface area contributed by atoms with Gasteiger partial charge >= 0.3 is 0 Å². The average molecular weight is 267 g/mol. The Kier molecular flexibility index (Phi) is 6.67. The van der Waals surface area contributed by atoms with Crippen molar-refractivity contribution in [1.29, 1.82) is 0 Å². The van der Waals surface area contributed by atoms with Gasteiger partial charge in [-0.25, -0.2) is 4.39 Å². The molecule has 19 heavy (non-hydrogen) atoms. The lowest BCUT2D eigenvalue weighted by Crippen LogP contribution is -2.40. The molecule has 4 heteroatoms. The highest BCUT2D eigenvalue weighted by molar-refractivity contribution is 5.82. The minimum absolute atomic E-state index is 0.136. The lowest BCUT2D eigenvalue weighted by atomic mass is 10.1. The number of Topliss-reactive ketones (excluding diaryl/α,β-unsaturated/α-hetero) is 1. The van der Waals surface area contributed by atoms with E-state index in [2.05, 4.69) is 4.90 Å². The van der Waals surface area contributed by atoms with E-state index in [0.29, 0.717) is 19.6 Å². The highest BCUT2D eigenvalue weighted by Gasteiger charge is 2.15. The molecule has 1 aromatic rings. The molecule has 0 amide bonds. The van der Waals surface area contributed by atoms with E-state index in [1.165, 1.54) is 12.1 Å². The Hall–Kier alpha value is -1.26. The van der Waals surface area contributed by atoms with Crippen LogP contribution in [0.25, 0.3) is 0 Å². The average Bonchev–Trinajstić information content (AvgIpc) is 2.39. The number of rotatable bonds is 8. The van der Waals surface area contributed by atoms with Crippen LogP contribution in [0.4, 0.5) is 4.39 Å². The fourth-order valence-corrected chi connectivity index (χ4v) is 2.04. The lowest BCUT2D eigenvalue weighted by Gasteiger charge is -2.26. The Morgan fingerprint density at radius 3 is 2.53 bits per heavy atom. The fraction of sp³-hybridized carbons (Fsp3) is 0.533. The van der Waals surface area contributed by atoms with Crippen LogP contribution in [0.2, 0.25) is 0 Å². The van der Waals surface area contributed by atoms with Crippen LogP contribution in [0.5, 0.6) is 0 Å². The largest absolute Gasteiger partial charge is 0.383 e. The number of methoxy groups -OCH3 is 1. The molecule has 0 aliphatic carbocycles. The summed E-state index contributed by atoms with van der Waals surface area (Å²) in [5.41, 5.74) is 0.849. The van der Waals surface area contributed by atoms with E-state index in [0.717, 1.165) is 12.1 Å². The van der Waals surface area contributed by atoms with E-state index in [1.807, 2.05) is 13.8 Å². The number of ketones is 1. The minimum atomic E-state index is -0.278. The zero-order chi connectivity index (χ0) is 14.3. The van der Waals surface area contributed by atoms with Crippen LogP contribution in [-0.4, -0.2) is 43.5 Å². The Morgan fingerprint density at radius 1 is 1.37 bits per heavy atom. The van der Waals surface area contributed by atoms with Gasteiger partial charge in [-0.1, -0.05) is 19.1 Å². The van der Waals surface area contributed by atoms with Gasteiger partial charge in [-0.3, -0.25) is 9.69 Å². The topological polar surface area (TPSA) is 29.5 Å². The zero-order valence-electron chi connectivity index (χ0n) is 11.9. The van der Waals surface area contributed by atoms with Gasteiger partial charge in [0.1, 0.15) is 5.82 Å². The summed E-state index contributed by atoms with van der Waals surface area (Å²) >= 11 is 0. The first-order chi connectivity index (χ1) is 9.06. The first kappa shape index (κ1) is 15.8. The van der Waals surface area contributed by atoms with Crippen LogP contribution in [-0.2, 0) is 16.0 Å². The third-order valence-corrected chi connectivity index (χ3v) is 3.13. The maximum Gasteiger partial charge on any atom is 0.151 e. The van der Waals surface area contributed by atoms with Crippen molar-refractivity contribution in [2.45, 2.75) is 26.3 Å². The quantitative estimate of drug-likeness (QED) is 0.724. The van der Waals surface area contributed by atoms with E-state index < -0.39 is 0 Å². The molecule has 0 radical (unpaired) electrons. The van der Waals surface area contributed by atoms with Crippen molar-refractivity contribution >= 4 is 5.78 Å². The third-order valence-electron chi connectivity index (χ3n) is 3.13. The second-order valence-corrected chi connectivity index (χ2v) is 4.71. The molecule has 0 aliphatic rings. The Morgan fingerprint density at radius 2 is 2.00 bits per heavy atom. The summed E-state index contributed by atoms with van der Waals surface area (Å²) in [6.07, 6.45) is 0.344. The number of carbonyl (C=O) groups is 1. The SMILES string of the molecule is CCN(CC(=O)Cc1ccc(F)cc1)C(C)COC. The number of halogens is 1. The number of benzene rings is 1. The Bertz CT molecular complexity index is 392. The number of hydrogen-bond acceptors (Lipinski definition) is 3. The first-order valence-electron chi connectivity index (χ1n) is 6.56. The maximum atomic E-state index is 12.8. The predicted octanol–water partition coefficient (Wildman–Crippen LogP) is 2.29. The van der Waals surface area contributed by atoms with Gasteiger partial charge in [0.25, 0.3) is 0 Å². The number of carbonyl (C=O) groups excluding carboxylic acids is 1. The molecule has 0 bridgehead atoms. The second kappa shape index (κ2) is 8.02. The highest BCUT2D eigenvalue weighted by atomic mass is 19.1. The van der Waals surface area contributed by atoms with Crippen LogP contribution >= 0.6 is 0 Å². The molecular weight excluding hydrogens is 245 g/mol. The van der Waals surface area contributed by atoms with E-state index in [9.17, 15) is 9.18 Å². The minimum Gasteiger partial charge on any atom is -0.383 e. The van der Waals surface area contributed by atoms with Crippen LogP contribution in [0.3, 0.4) is 0 Å². The van der Waals surface area contributed by atoms with Crippen LogP contribution in [0.15, 0.2) is 24.3 Å². The molecule has 1 atom stereocenters. The highest BCUT2D eigenvalue weighted by Crippen LogP contribution is 2.06. The van der Waals surface area contributed by atoms with Crippen molar-refractivity contribution < 1.29 is 13.9 Å². The van der Waals surface area contributed by atoms with Crippen molar-refractivity contribution in [3.05, 3.63) is 35.6 Å². The maximum absolute atomic E-state index is 12.8. The molecule has 0 saturated heterocycles. The van der Waals surface area contributed by atoms with Crippen molar-refractivity contribution in [2.24, 2.45) is 0 Å². The monoisotopic (exact) mass is 267 g/mol. The summed E-state index contributed by atoms with van der Waals surface area (Å²) in [5, 5.41) is 0. The fourth-order valence-electron chi connectivity index (χ4n) is 2.04. The van der Waals surface area contributed by atoms with Crippen molar-refractivity contribution in [3.8, 4) is 0 Å². The number of ether oxygens (including phenoxy) is 1. The second-order valence-electron chi connectivity index (χ2n) is 4.71. The molecule has 1 unspecified atom stereocenters. The molecule has 1 rings (SSSR count). The summed E-state index contributed by atoms with van der Waals surface area (Å²) in [5.74, 6) is -0.142. The van der Waals surface area contributed by atoms with Gasteiger partial charge in [0.15, 0.2) is 5.78 Å². The van der Waals surface area contributed by atoms with E-state index in [4.69, 9.17) is 4.74 Å². The van der Waals surface area contributed by atoms with Gasteiger partial charge < -0.3 is 4.74 Å². The normalized spacial score (nSPS) is 12.7. The zero-order valence-corrected chi connectivity index (χ0v) is 11.9. The molecule has 106 valence electrons. The molecule has 0 N–H and O–H groups in total. The summed E-state index contributed by atoms with van der Waals surface area (Å²) in [6, 6.07) is 6.29. The summed E-state index contributed by atoms with van der Waals surface area (Å²) in [4.78, 5) is 14.1.